The number of hydrogen-bond donors (Lipinski definition) is 2. The van der Waals surface area contributed by atoms with E-state index in [0.29, 0.717) is 19.1 Å². The molecule has 104 valence electrons. The predicted molar refractivity (Wildman–Crippen MR) is 76.0 cm³/mol. The minimum Gasteiger partial charge on any atom is -0.355 e. The van der Waals surface area contributed by atoms with Crippen LogP contribution in [0.25, 0.3) is 0 Å². The minimum atomic E-state index is 0. The summed E-state index contributed by atoms with van der Waals surface area (Å²) in [4.78, 5) is 14.1. The molecule has 0 radical (unpaired) electrons. The number of piperidine rings is 1. The summed E-state index contributed by atoms with van der Waals surface area (Å²) in [5.41, 5.74) is 5.35. The molecular weight excluding hydrogens is 261 g/mol. The maximum atomic E-state index is 11.6. The third-order valence-electron chi connectivity index (χ3n) is 3.07. The van der Waals surface area contributed by atoms with E-state index in [4.69, 9.17) is 5.73 Å². The van der Waals surface area contributed by atoms with Crippen molar-refractivity contribution in [3.63, 3.8) is 0 Å². The van der Waals surface area contributed by atoms with E-state index in [1.165, 1.54) is 0 Å². The molecule has 0 bridgehead atoms. The fraction of sp³-hybridized carbons (Fsp3) is 0.909. The molecule has 4 nitrogen and oxygen atoms in total. The largest absolute Gasteiger partial charge is 0.355 e. The Balaban J connectivity index is 0. The number of carbonyl (C=O) groups excluding carboxylic acids is 1. The summed E-state index contributed by atoms with van der Waals surface area (Å²) in [5.74, 6) is 0.385. The Morgan fingerprint density at radius 3 is 2.29 bits per heavy atom. The molecule has 0 aromatic rings. The van der Waals surface area contributed by atoms with Crippen LogP contribution < -0.4 is 11.1 Å². The van der Waals surface area contributed by atoms with Crippen molar-refractivity contribution in [2.45, 2.75) is 32.7 Å². The van der Waals surface area contributed by atoms with Crippen LogP contribution in [0.3, 0.4) is 0 Å². The average molecular weight is 286 g/mol. The smallest absolute Gasteiger partial charge is 0.223 e. The number of amides is 1. The average Bonchev–Trinajstić information content (AvgIpc) is 2.26. The van der Waals surface area contributed by atoms with Crippen molar-refractivity contribution in [3.05, 3.63) is 0 Å². The number of rotatable bonds is 4. The second kappa shape index (κ2) is 9.95. The van der Waals surface area contributed by atoms with Crippen LogP contribution in [0.5, 0.6) is 0 Å². The van der Waals surface area contributed by atoms with E-state index in [1.807, 2.05) is 0 Å². The highest BCUT2D eigenvalue weighted by atomic mass is 35.5. The van der Waals surface area contributed by atoms with Gasteiger partial charge in [0, 0.05) is 25.0 Å². The third-order valence-corrected chi connectivity index (χ3v) is 3.07. The molecule has 1 saturated heterocycles. The first-order valence-corrected chi connectivity index (χ1v) is 5.87. The van der Waals surface area contributed by atoms with Crippen molar-refractivity contribution in [1.82, 2.24) is 10.2 Å². The number of hydrogen-bond acceptors (Lipinski definition) is 3. The highest BCUT2D eigenvalue weighted by molar-refractivity contribution is 5.85. The Morgan fingerprint density at radius 1 is 1.35 bits per heavy atom. The van der Waals surface area contributed by atoms with E-state index in [2.05, 4.69) is 24.1 Å². The van der Waals surface area contributed by atoms with Crippen LogP contribution in [-0.4, -0.2) is 43.0 Å². The molecule has 0 atom stereocenters. The zero-order valence-electron chi connectivity index (χ0n) is 10.6. The van der Waals surface area contributed by atoms with Gasteiger partial charge in [0.1, 0.15) is 0 Å². The summed E-state index contributed by atoms with van der Waals surface area (Å²) in [6.45, 7) is 7.61. The maximum Gasteiger partial charge on any atom is 0.223 e. The van der Waals surface area contributed by atoms with Crippen LogP contribution in [0, 0.1) is 5.92 Å². The number of halogens is 2. The van der Waals surface area contributed by atoms with Gasteiger partial charge in [-0.15, -0.1) is 24.8 Å². The lowest BCUT2D eigenvalue weighted by Crippen LogP contribution is -2.43. The van der Waals surface area contributed by atoms with Crippen molar-refractivity contribution >= 4 is 30.7 Å². The summed E-state index contributed by atoms with van der Waals surface area (Å²) >= 11 is 0. The van der Waals surface area contributed by atoms with Crippen molar-refractivity contribution in [2.24, 2.45) is 11.7 Å². The standard InChI is InChI=1S/C11H23N3O.2ClH/c1-9(2)14-7-3-10(4-8-14)11(15)13-6-5-12;;/h9-10H,3-8,12H2,1-2H3,(H,13,15);2*1H. The highest BCUT2D eigenvalue weighted by Crippen LogP contribution is 2.18. The molecule has 1 heterocycles. The number of nitrogens with zero attached hydrogens (tertiary/aromatic N) is 1. The maximum absolute atomic E-state index is 11.6. The number of likely N-dealkylation sites (tertiary alicyclic amines) is 1. The molecule has 0 saturated carbocycles. The van der Waals surface area contributed by atoms with Gasteiger partial charge < -0.3 is 16.0 Å². The third kappa shape index (κ3) is 6.46. The first-order chi connectivity index (χ1) is 7.15. The van der Waals surface area contributed by atoms with Gasteiger partial charge in [-0.05, 0) is 39.8 Å². The van der Waals surface area contributed by atoms with Gasteiger partial charge in [0.15, 0.2) is 0 Å². The van der Waals surface area contributed by atoms with E-state index >= 15 is 0 Å². The number of carbonyl (C=O) groups is 1. The van der Waals surface area contributed by atoms with E-state index < -0.39 is 0 Å². The van der Waals surface area contributed by atoms with Gasteiger partial charge in [0.2, 0.25) is 5.91 Å². The van der Waals surface area contributed by atoms with E-state index in [-0.39, 0.29) is 36.6 Å². The van der Waals surface area contributed by atoms with E-state index in [9.17, 15) is 4.79 Å². The Labute approximate surface area is 117 Å². The van der Waals surface area contributed by atoms with E-state index in [0.717, 1.165) is 25.9 Å². The molecule has 6 heteroatoms. The van der Waals surface area contributed by atoms with Gasteiger partial charge in [-0.1, -0.05) is 0 Å². The Hall–Kier alpha value is -0.0300. The molecule has 0 unspecified atom stereocenters. The Kier molecular flexibility index (Phi) is 11.3. The lowest BCUT2D eigenvalue weighted by molar-refractivity contribution is -0.126. The van der Waals surface area contributed by atoms with Crippen molar-refractivity contribution in [2.75, 3.05) is 26.2 Å². The van der Waals surface area contributed by atoms with Crippen molar-refractivity contribution in [1.29, 1.82) is 0 Å². The van der Waals surface area contributed by atoms with E-state index in [1.54, 1.807) is 0 Å². The van der Waals surface area contributed by atoms with Crippen LogP contribution in [0.15, 0.2) is 0 Å². The summed E-state index contributed by atoms with van der Waals surface area (Å²) in [5, 5.41) is 2.86. The van der Waals surface area contributed by atoms with Crippen molar-refractivity contribution < 1.29 is 4.79 Å². The zero-order valence-corrected chi connectivity index (χ0v) is 12.3. The monoisotopic (exact) mass is 285 g/mol. The second-order valence-corrected chi connectivity index (χ2v) is 4.48. The molecule has 3 N–H and O–H groups in total. The van der Waals surface area contributed by atoms with Gasteiger partial charge >= 0.3 is 0 Å². The molecule has 0 aromatic heterocycles. The molecule has 0 aliphatic carbocycles. The molecule has 1 aliphatic heterocycles. The highest BCUT2D eigenvalue weighted by Gasteiger charge is 2.25. The van der Waals surface area contributed by atoms with Gasteiger partial charge in [-0.25, -0.2) is 0 Å². The molecule has 0 spiro atoms. The molecular formula is C11H25Cl2N3O. The summed E-state index contributed by atoms with van der Waals surface area (Å²) < 4.78 is 0. The lowest BCUT2D eigenvalue weighted by Gasteiger charge is -2.33. The molecule has 1 aliphatic rings. The predicted octanol–water partition coefficient (Wildman–Crippen LogP) is 1.03. The first kappa shape index (κ1) is 19.3. The molecule has 1 amide bonds. The van der Waals surface area contributed by atoms with Crippen LogP contribution in [0.1, 0.15) is 26.7 Å². The summed E-state index contributed by atoms with van der Waals surface area (Å²) in [7, 11) is 0. The fourth-order valence-electron chi connectivity index (χ4n) is 2.02. The van der Waals surface area contributed by atoms with Gasteiger partial charge in [0.25, 0.3) is 0 Å². The van der Waals surface area contributed by atoms with Crippen LogP contribution >= 0.6 is 24.8 Å². The zero-order chi connectivity index (χ0) is 11.3. The summed E-state index contributed by atoms with van der Waals surface area (Å²) in [6, 6.07) is 0.595. The molecule has 1 fully saturated rings. The topological polar surface area (TPSA) is 58.4 Å². The van der Waals surface area contributed by atoms with Crippen molar-refractivity contribution in [3.8, 4) is 0 Å². The minimum absolute atomic E-state index is 0. The van der Waals surface area contributed by atoms with Crippen LogP contribution in [0.2, 0.25) is 0 Å². The summed E-state index contributed by atoms with van der Waals surface area (Å²) in [6.07, 6.45) is 1.96. The first-order valence-electron chi connectivity index (χ1n) is 5.87. The molecule has 17 heavy (non-hydrogen) atoms. The fourth-order valence-corrected chi connectivity index (χ4v) is 2.02. The van der Waals surface area contributed by atoms with Gasteiger partial charge in [-0.3, -0.25) is 4.79 Å². The Bertz CT molecular complexity index is 207. The molecule has 1 rings (SSSR count). The second-order valence-electron chi connectivity index (χ2n) is 4.48. The van der Waals surface area contributed by atoms with Crippen LogP contribution in [-0.2, 0) is 4.79 Å². The quantitative estimate of drug-likeness (QED) is 0.811. The van der Waals surface area contributed by atoms with Gasteiger partial charge in [-0.2, -0.15) is 0 Å². The number of nitrogens with two attached hydrogens (primary N) is 1. The van der Waals surface area contributed by atoms with Gasteiger partial charge in [0.05, 0.1) is 0 Å². The Morgan fingerprint density at radius 2 is 1.88 bits per heavy atom. The molecule has 0 aromatic carbocycles. The number of nitrogens with one attached hydrogen (secondary N) is 1. The van der Waals surface area contributed by atoms with Crippen LogP contribution in [0.4, 0.5) is 0 Å². The normalized spacial score (nSPS) is 17.2. The SMILES string of the molecule is CC(C)N1CCC(C(=O)NCCN)CC1.Cl.Cl. The lowest BCUT2D eigenvalue weighted by atomic mass is 9.95.